The Morgan fingerprint density at radius 1 is 1.15 bits per heavy atom. The minimum atomic E-state index is -1.37. The Bertz CT molecular complexity index is 1020. The molecule has 0 bridgehead atoms. The van der Waals surface area contributed by atoms with Gasteiger partial charge in [0.25, 0.3) is 0 Å². The molecule has 27 heavy (non-hydrogen) atoms. The molecule has 2 aromatic carbocycles. The molecule has 0 radical (unpaired) electrons. The second kappa shape index (κ2) is 7.76. The van der Waals surface area contributed by atoms with Crippen molar-refractivity contribution in [3.05, 3.63) is 81.2 Å². The Balaban J connectivity index is 1.89. The van der Waals surface area contributed by atoms with Crippen molar-refractivity contribution in [1.82, 2.24) is 0 Å². The molecule has 1 N–H and O–H groups in total. The van der Waals surface area contributed by atoms with Gasteiger partial charge in [0, 0.05) is 17.0 Å². The van der Waals surface area contributed by atoms with Crippen molar-refractivity contribution in [3.63, 3.8) is 0 Å². The summed E-state index contributed by atoms with van der Waals surface area (Å²) in [6.45, 7) is 6.02. The minimum absolute atomic E-state index is 0.120. The van der Waals surface area contributed by atoms with Crippen molar-refractivity contribution in [2.45, 2.75) is 39.4 Å². The number of hydrogen-bond acceptors (Lipinski definition) is 5. The van der Waals surface area contributed by atoms with E-state index < -0.39 is 17.7 Å². The van der Waals surface area contributed by atoms with Gasteiger partial charge in [0.2, 0.25) is 0 Å². The van der Waals surface area contributed by atoms with Crippen LogP contribution in [0.2, 0.25) is 0 Å². The van der Waals surface area contributed by atoms with Gasteiger partial charge in [-0.3, -0.25) is 0 Å². The summed E-state index contributed by atoms with van der Waals surface area (Å²) in [5.41, 5.74) is 3.13. The van der Waals surface area contributed by atoms with Gasteiger partial charge in [0.1, 0.15) is 12.2 Å². The summed E-state index contributed by atoms with van der Waals surface area (Å²) in [7, 11) is 0. The molecule has 3 rings (SSSR count). The van der Waals surface area contributed by atoms with E-state index in [9.17, 15) is 14.7 Å². The number of carbonyl (C=O) groups excluding carboxylic acids is 1. The molecule has 0 aliphatic carbocycles. The second-order valence-corrected chi connectivity index (χ2v) is 6.87. The van der Waals surface area contributed by atoms with Crippen molar-refractivity contribution >= 4 is 16.9 Å². The lowest BCUT2D eigenvalue weighted by Gasteiger charge is -2.14. The largest absolute Gasteiger partial charge is 0.459 e. The van der Waals surface area contributed by atoms with Gasteiger partial charge >= 0.3 is 11.6 Å². The normalized spacial score (nSPS) is 12.3. The summed E-state index contributed by atoms with van der Waals surface area (Å²) >= 11 is 0. The van der Waals surface area contributed by atoms with Gasteiger partial charge in [0.05, 0.1) is 0 Å². The molecule has 140 valence electrons. The van der Waals surface area contributed by atoms with Crippen LogP contribution in [0.15, 0.2) is 57.7 Å². The molecule has 1 heterocycles. The Morgan fingerprint density at radius 2 is 1.85 bits per heavy atom. The molecule has 0 aliphatic rings. The fraction of sp³-hybridized carbons (Fsp3) is 0.273. The summed E-state index contributed by atoms with van der Waals surface area (Å²) in [6.07, 6.45) is -1.37. The third-order valence-corrected chi connectivity index (χ3v) is 4.55. The first-order valence-electron chi connectivity index (χ1n) is 8.83. The lowest BCUT2D eigenvalue weighted by molar-refractivity contribution is -0.155. The van der Waals surface area contributed by atoms with Crippen LogP contribution in [-0.4, -0.2) is 11.1 Å². The van der Waals surface area contributed by atoms with Gasteiger partial charge in [-0.1, -0.05) is 44.2 Å². The van der Waals surface area contributed by atoms with E-state index in [4.69, 9.17) is 9.15 Å². The number of benzene rings is 2. The van der Waals surface area contributed by atoms with Crippen LogP contribution in [0.3, 0.4) is 0 Å². The molecule has 0 saturated heterocycles. The van der Waals surface area contributed by atoms with Crippen LogP contribution < -0.4 is 5.63 Å². The highest BCUT2D eigenvalue weighted by atomic mass is 16.5. The summed E-state index contributed by atoms with van der Waals surface area (Å²) in [5.74, 6) is -0.463. The van der Waals surface area contributed by atoms with Crippen LogP contribution >= 0.6 is 0 Å². The van der Waals surface area contributed by atoms with Gasteiger partial charge in [-0.05, 0) is 41.7 Å². The van der Waals surface area contributed by atoms with E-state index in [1.807, 2.05) is 19.1 Å². The lowest BCUT2D eigenvalue weighted by Crippen LogP contribution is -2.16. The van der Waals surface area contributed by atoms with Gasteiger partial charge in [-0.2, -0.15) is 0 Å². The van der Waals surface area contributed by atoms with E-state index in [-0.39, 0.29) is 6.61 Å². The first-order chi connectivity index (χ1) is 12.9. The van der Waals surface area contributed by atoms with Crippen LogP contribution in [0.25, 0.3) is 11.0 Å². The maximum atomic E-state index is 12.2. The standard InChI is InChI=1S/C22H22O5/c1-13(2)17-11-18-16(10-20(23)27-19(18)9-14(17)3)12-26-22(25)21(24)15-7-5-4-6-8-15/h4-11,13,21,24H,12H2,1-3H3/t21-/m1/s1. The SMILES string of the molecule is Cc1cc2oc(=O)cc(COC(=O)[C@H](O)c3ccccc3)c2cc1C(C)C. The quantitative estimate of drug-likeness (QED) is 0.545. The molecule has 0 unspecified atom stereocenters. The molecular weight excluding hydrogens is 344 g/mol. The third-order valence-electron chi connectivity index (χ3n) is 4.55. The molecule has 3 aromatic rings. The maximum Gasteiger partial charge on any atom is 0.339 e. The molecule has 0 amide bonds. The average molecular weight is 366 g/mol. The summed E-state index contributed by atoms with van der Waals surface area (Å²) in [4.78, 5) is 24.1. The average Bonchev–Trinajstić information content (AvgIpc) is 2.65. The zero-order valence-electron chi connectivity index (χ0n) is 15.6. The number of rotatable bonds is 5. The molecule has 0 aliphatic heterocycles. The highest BCUT2D eigenvalue weighted by Gasteiger charge is 2.19. The number of ether oxygens (including phenoxy) is 1. The number of aliphatic hydroxyl groups excluding tert-OH is 1. The molecular formula is C22H22O5. The number of aryl methyl sites for hydroxylation is 1. The van der Waals surface area contributed by atoms with Crippen molar-refractivity contribution in [1.29, 1.82) is 0 Å². The fourth-order valence-electron chi connectivity index (χ4n) is 3.13. The molecule has 1 atom stereocenters. The Hall–Kier alpha value is -2.92. The summed E-state index contributed by atoms with van der Waals surface area (Å²) in [5, 5.41) is 10.9. The molecule has 0 spiro atoms. The molecule has 0 saturated carbocycles. The van der Waals surface area contributed by atoms with E-state index in [0.717, 1.165) is 16.5 Å². The highest BCUT2D eigenvalue weighted by molar-refractivity contribution is 5.82. The van der Waals surface area contributed by atoms with Crippen LogP contribution in [0, 0.1) is 6.92 Å². The predicted octanol–water partition coefficient (Wildman–Crippen LogP) is 4.00. The van der Waals surface area contributed by atoms with Crippen molar-refractivity contribution in [3.8, 4) is 0 Å². The minimum Gasteiger partial charge on any atom is -0.459 e. The third kappa shape index (κ3) is 4.09. The number of hydrogen-bond donors (Lipinski definition) is 1. The van der Waals surface area contributed by atoms with E-state index in [1.54, 1.807) is 30.3 Å². The zero-order valence-corrected chi connectivity index (χ0v) is 15.6. The van der Waals surface area contributed by atoms with E-state index in [2.05, 4.69) is 13.8 Å². The smallest absolute Gasteiger partial charge is 0.339 e. The van der Waals surface area contributed by atoms with Gasteiger partial charge in [-0.15, -0.1) is 0 Å². The second-order valence-electron chi connectivity index (χ2n) is 6.87. The molecule has 0 fully saturated rings. The van der Waals surface area contributed by atoms with Crippen LogP contribution in [-0.2, 0) is 16.1 Å². The maximum absolute atomic E-state index is 12.2. The Morgan fingerprint density at radius 3 is 2.52 bits per heavy atom. The van der Waals surface area contributed by atoms with Crippen molar-refractivity contribution in [2.24, 2.45) is 0 Å². The van der Waals surface area contributed by atoms with Crippen molar-refractivity contribution in [2.75, 3.05) is 0 Å². The first kappa shape index (κ1) is 18.9. The van der Waals surface area contributed by atoms with E-state index >= 15 is 0 Å². The predicted molar refractivity (Wildman–Crippen MR) is 103 cm³/mol. The number of aliphatic hydroxyl groups is 1. The number of carbonyl (C=O) groups is 1. The molecule has 5 heteroatoms. The zero-order chi connectivity index (χ0) is 19.6. The first-order valence-corrected chi connectivity index (χ1v) is 8.83. The summed E-state index contributed by atoms with van der Waals surface area (Å²) < 4.78 is 10.6. The van der Waals surface area contributed by atoms with Crippen LogP contribution in [0.4, 0.5) is 0 Å². The van der Waals surface area contributed by atoms with Gasteiger partial charge < -0.3 is 14.3 Å². The Labute approximate surface area is 157 Å². The number of fused-ring (bicyclic) bond motifs is 1. The topological polar surface area (TPSA) is 76.7 Å². The van der Waals surface area contributed by atoms with Crippen molar-refractivity contribution < 1.29 is 19.1 Å². The Kier molecular flexibility index (Phi) is 5.42. The molecule has 5 nitrogen and oxygen atoms in total. The monoisotopic (exact) mass is 366 g/mol. The lowest BCUT2D eigenvalue weighted by atomic mass is 9.95. The van der Waals surface area contributed by atoms with Gasteiger partial charge in [0.15, 0.2) is 6.10 Å². The van der Waals surface area contributed by atoms with E-state index in [1.165, 1.54) is 6.07 Å². The van der Waals surface area contributed by atoms with Crippen LogP contribution in [0.5, 0.6) is 0 Å². The fourth-order valence-corrected chi connectivity index (χ4v) is 3.13. The highest BCUT2D eigenvalue weighted by Crippen LogP contribution is 2.27. The van der Waals surface area contributed by atoms with E-state index in [0.29, 0.717) is 22.6 Å². The molecule has 1 aromatic heterocycles. The number of esters is 1. The summed E-state index contributed by atoms with van der Waals surface area (Å²) in [6, 6.07) is 13.7. The van der Waals surface area contributed by atoms with Gasteiger partial charge in [-0.25, -0.2) is 9.59 Å². The van der Waals surface area contributed by atoms with Crippen LogP contribution in [0.1, 0.15) is 48.1 Å².